The summed E-state index contributed by atoms with van der Waals surface area (Å²) >= 11 is 6.04. The molecule has 0 saturated carbocycles. The number of amides is 2. The molecule has 0 saturated heterocycles. The summed E-state index contributed by atoms with van der Waals surface area (Å²) in [6.07, 6.45) is 0. The van der Waals surface area contributed by atoms with E-state index in [9.17, 15) is 9.59 Å². The second kappa shape index (κ2) is 7.36. The molecule has 1 aliphatic rings. The maximum atomic E-state index is 13.1. The van der Waals surface area contributed by atoms with E-state index in [0.717, 1.165) is 5.56 Å². The van der Waals surface area contributed by atoms with E-state index < -0.39 is 11.6 Å². The zero-order chi connectivity index (χ0) is 20.6. The van der Waals surface area contributed by atoms with Crippen LogP contribution in [0.15, 0.2) is 36.4 Å². The Morgan fingerprint density at radius 1 is 1.25 bits per heavy atom. The van der Waals surface area contributed by atoms with Crippen molar-refractivity contribution < 1.29 is 19.1 Å². The summed E-state index contributed by atoms with van der Waals surface area (Å²) in [7, 11) is 1.51. The van der Waals surface area contributed by atoms with Gasteiger partial charge in [-0.25, -0.2) is 0 Å². The van der Waals surface area contributed by atoms with Gasteiger partial charge in [-0.05, 0) is 63.6 Å². The van der Waals surface area contributed by atoms with Gasteiger partial charge in [0.1, 0.15) is 17.5 Å². The third kappa shape index (κ3) is 3.64. The van der Waals surface area contributed by atoms with Gasteiger partial charge in [0.2, 0.25) is 5.91 Å². The summed E-state index contributed by atoms with van der Waals surface area (Å²) in [5.41, 5.74) is 0.898. The van der Waals surface area contributed by atoms with Crippen LogP contribution < -0.4 is 19.7 Å². The normalized spacial score (nSPS) is 16.1. The molecule has 7 heteroatoms. The van der Waals surface area contributed by atoms with Crippen LogP contribution in [0.2, 0.25) is 5.02 Å². The summed E-state index contributed by atoms with van der Waals surface area (Å²) < 4.78 is 11.1. The number of hydrogen-bond donors (Lipinski definition) is 1. The number of carbonyl (C=O) groups is 2. The van der Waals surface area contributed by atoms with E-state index in [-0.39, 0.29) is 11.8 Å². The molecule has 3 rings (SSSR count). The fourth-order valence-electron chi connectivity index (χ4n) is 3.14. The average molecular weight is 403 g/mol. The van der Waals surface area contributed by atoms with E-state index in [4.69, 9.17) is 21.1 Å². The molecule has 6 nitrogen and oxygen atoms in total. The second-order valence-corrected chi connectivity index (χ2v) is 7.70. The first kappa shape index (κ1) is 20.0. The zero-order valence-corrected chi connectivity index (χ0v) is 17.3. The van der Waals surface area contributed by atoms with E-state index in [0.29, 0.717) is 27.9 Å². The van der Waals surface area contributed by atoms with Crippen LogP contribution in [0.4, 0.5) is 11.4 Å². The summed E-state index contributed by atoms with van der Waals surface area (Å²) in [6.45, 7) is 6.98. The highest BCUT2D eigenvalue weighted by Gasteiger charge is 2.44. The fourth-order valence-corrected chi connectivity index (χ4v) is 3.31. The average Bonchev–Trinajstić information content (AvgIpc) is 2.63. The van der Waals surface area contributed by atoms with Crippen molar-refractivity contribution in [1.82, 2.24) is 0 Å². The van der Waals surface area contributed by atoms with E-state index in [1.54, 1.807) is 39.0 Å². The molecule has 28 heavy (non-hydrogen) atoms. The van der Waals surface area contributed by atoms with Crippen LogP contribution in [0.5, 0.6) is 11.5 Å². The lowest BCUT2D eigenvalue weighted by Crippen LogP contribution is -2.57. The van der Waals surface area contributed by atoms with Gasteiger partial charge in [0, 0.05) is 5.02 Å². The molecule has 0 fully saturated rings. The Hall–Kier alpha value is -2.73. The molecular formula is C21H23ClN2O4. The lowest BCUT2D eigenvalue weighted by molar-refractivity contribution is -0.134. The number of ether oxygens (including phenoxy) is 2. The molecular weight excluding hydrogens is 380 g/mol. The largest absolute Gasteiger partial charge is 0.495 e. The Morgan fingerprint density at radius 2 is 1.96 bits per heavy atom. The third-order valence-corrected chi connectivity index (χ3v) is 4.89. The Balaban J connectivity index is 1.96. The van der Waals surface area contributed by atoms with Gasteiger partial charge in [-0.1, -0.05) is 17.7 Å². The molecule has 1 atom stereocenters. The van der Waals surface area contributed by atoms with Crippen LogP contribution in [-0.2, 0) is 9.59 Å². The number of anilines is 2. The smallest absolute Gasteiger partial charge is 0.271 e. The minimum Gasteiger partial charge on any atom is -0.495 e. The summed E-state index contributed by atoms with van der Waals surface area (Å²) in [4.78, 5) is 27.6. The summed E-state index contributed by atoms with van der Waals surface area (Å²) in [6, 6.07) is 9.73. The molecule has 2 amide bonds. The lowest BCUT2D eigenvalue weighted by atomic mass is 10.0. The minimum absolute atomic E-state index is 0.286. The first-order chi connectivity index (χ1) is 13.1. The van der Waals surface area contributed by atoms with Crippen molar-refractivity contribution >= 4 is 34.8 Å². The highest BCUT2D eigenvalue weighted by Crippen LogP contribution is 2.39. The van der Waals surface area contributed by atoms with Gasteiger partial charge in [0.05, 0.1) is 18.5 Å². The van der Waals surface area contributed by atoms with Crippen LogP contribution >= 0.6 is 11.6 Å². The highest BCUT2D eigenvalue weighted by atomic mass is 35.5. The van der Waals surface area contributed by atoms with Crippen molar-refractivity contribution in [3.8, 4) is 11.5 Å². The number of benzene rings is 2. The quantitative estimate of drug-likeness (QED) is 0.832. The monoisotopic (exact) mass is 402 g/mol. The van der Waals surface area contributed by atoms with Gasteiger partial charge in [0.15, 0.2) is 5.60 Å². The molecule has 0 aliphatic carbocycles. The van der Waals surface area contributed by atoms with Gasteiger partial charge in [-0.3, -0.25) is 14.5 Å². The van der Waals surface area contributed by atoms with E-state index in [2.05, 4.69) is 5.32 Å². The molecule has 1 aliphatic heterocycles. The molecule has 1 heterocycles. The molecule has 0 radical (unpaired) electrons. The predicted molar refractivity (Wildman–Crippen MR) is 109 cm³/mol. The number of hydrogen-bond acceptors (Lipinski definition) is 4. The van der Waals surface area contributed by atoms with Crippen molar-refractivity contribution in [3.63, 3.8) is 0 Å². The van der Waals surface area contributed by atoms with Crippen molar-refractivity contribution in [1.29, 1.82) is 0 Å². The van der Waals surface area contributed by atoms with Gasteiger partial charge < -0.3 is 14.8 Å². The van der Waals surface area contributed by atoms with Gasteiger partial charge >= 0.3 is 0 Å². The maximum absolute atomic E-state index is 13.1. The Labute approximate surface area is 169 Å². The molecule has 1 unspecified atom stereocenters. The lowest BCUT2D eigenvalue weighted by Gasteiger charge is -2.41. The number of halogens is 1. The highest BCUT2D eigenvalue weighted by molar-refractivity contribution is 6.31. The molecule has 1 N–H and O–H groups in total. The van der Waals surface area contributed by atoms with Gasteiger partial charge in [-0.15, -0.1) is 0 Å². The molecule has 0 spiro atoms. The number of nitrogens with zero attached hydrogens (tertiary/aromatic N) is 1. The Bertz CT molecular complexity index is 942. The van der Waals surface area contributed by atoms with Crippen LogP contribution in [0.1, 0.15) is 26.3 Å². The molecule has 148 valence electrons. The van der Waals surface area contributed by atoms with Gasteiger partial charge in [0.25, 0.3) is 5.91 Å². The molecule has 0 aromatic heterocycles. The number of aryl methyl sites for hydroxylation is 1. The zero-order valence-electron chi connectivity index (χ0n) is 16.5. The van der Waals surface area contributed by atoms with E-state index in [1.165, 1.54) is 12.0 Å². The van der Waals surface area contributed by atoms with E-state index in [1.807, 2.05) is 25.1 Å². The predicted octanol–water partition coefficient (Wildman–Crippen LogP) is 4.19. The fraction of sp³-hybridized carbons (Fsp3) is 0.333. The number of carbonyl (C=O) groups excluding carboxylic acids is 2. The molecule has 2 aromatic rings. The SMILES string of the molecule is COc1ccc(Cl)cc1NC(=O)C(C)N1C(=O)C(C)(C)Oc2ccc(C)cc21. The first-order valence-corrected chi connectivity index (χ1v) is 9.29. The van der Waals surface area contributed by atoms with Crippen molar-refractivity contribution in [2.24, 2.45) is 0 Å². The maximum Gasteiger partial charge on any atom is 0.271 e. The Morgan fingerprint density at radius 3 is 2.64 bits per heavy atom. The minimum atomic E-state index is -1.08. The van der Waals surface area contributed by atoms with Gasteiger partial charge in [-0.2, -0.15) is 0 Å². The Kier molecular flexibility index (Phi) is 5.26. The van der Waals surface area contributed by atoms with Crippen molar-refractivity contribution in [2.45, 2.75) is 39.3 Å². The van der Waals surface area contributed by atoms with Crippen molar-refractivity contribution in [2.75, 3.05) is 17.3 Å². The number of methoxy groups -OCH3 is 1. The summed E-state index contributed by atoms with van der Waals surface area (Å²) in [5, 5.41) is 3.28. The molecule has 0 bridgehead atoms. The van der Waals surface area contributed by atoms with Crippen molar-refractivity contribution in [3.05, 3.63) is 47.0 Å². The topological polar surface area (TPSA) is 67.9 Å². The van der Waals surface area contributed by atoms with Crippen LogP contribution in [0, 0.1) is 6.92 Å². The molecule has 2 aromatic carbocycles. The van der Waals surface area contributed by atoms with Crippen LogP contribution in [-0.4, -0.2) is 30.6 Å². The standard InChI is InChI=1S/C21H23ClN2O4/c1-12-6-8-18-16(10-12)24(20(26)21(3,4)28-18)13(2)19(25)23-15-11-14(22)7-9-17(15)27-5/h6-11,13H,1-5H3,(H,23,25). The number of rotatable bonds is 4. The second-order valence-electron chi connectivity index (χ2n) is 7.27. The van der Waals surface area contributed by atoms with Crippen LogP contribution in [0.3, 0.4) is 0 Å². The number of fused-ring (bicyclic) bond motifs is 1. The first-order valence-electron chi connectivity index (χ1n) is 8.92. The summed E-state index contributed by atoms with van der Waals surface area (Å²) in [5.74, 6) is 0.399. The van der Waals surface area contributed by atoms with E-state index >= 15 is 0 Å². The number of nitrogens with one attached hydrogen (secondary N) is 1. The third-order valence-electron chi connectivity index (χ3n) is 4.66. The van der Waals surface area contributed by atoms with Crippen LogP contribution in [0.25, 0.3) is 0 Å².